The molecule has 30 heavy (non-hydrogen) atoms. The molecule has 3 rings (SSSR count). The molecule has 1 aromatic heterocycles. The maximum atomic E-state index is 12.6. The highest BCUT2D eigenvalue weighted by Crippen LogP contribution is 2.21. The van der Waals surface area contributed by atoms with Crippen LogP contribution in [0.15, 0.2) is 70.3 Å². The SMILES string of the molecule is CC(C)(C)c1ncc(NC(=O)c2cccc(NS(=O)(=O)c3ccc(Br)cc3)c2)cn1. The van der Waals surface area contributed by atoms with Crippen molar-refractivity contribution in [1.82, 2.24) is 9.97 Å². The molecule has 0 spiro atoms. The van der Waals surface area contributed by atoms with Gasteiger partial charge in [0.05, 0.1) is 23.0 Å². The van der Waals surface area contributed by atoms with E-state index >= 15 is 0 Å². The van der Waals surface area contributed by atoms with Crippen LogP contribution >= 0.6 is 15.9 Å². The highest BCUT2D eigenvalue weighted by atomic mass is 79.9. The third kappa shape index (κ3) is 5.43. The van der Waals surface area contributed by atoms with Gasteiger partial charge in [-0.1, -0.05) is 42.8 Å². The van der Waals surface area contributed by atoms with Crippen LogP contribution in [0.2, 0.25) is 0 Å². The number of hydrogen-bond donors (Lipinski definition) is 2. The van der Waals surface area contributed by atoms with Crippen molar-refractivity contribution in [2.24, 2.45) is 0 Å². The van der Waals surface area contributed by atoms with E-state index in [-0.39, 0.29) is 16.0 Å². The summed E-state index contributed by atoms with van der Waals surface area (Å²) in [4.78, 5) is 21.3. The molecule has 0 saturated carbocycles. The van der Waals surface area contributed by atoms with Crippen molar-refractivity contribution < 1.29 is 13.2 Å². The first-order valence-electron chi connectivity index (χ1n) is 9.07. The number of nitrogens with one attached hydrogen (secondary N) is 2. The fraction of sp³-hybridized carbons (Fsp3) is 0.190. The zero-order chi connectivity index (χ0) is 21.9. The lowest BCUT2D eigenvalue weighted by atomic mass is 9.96. The second kappa shape index (κ2) is 8.53. The summed E-state index contributed by atoms with van der Waals surface area (Å²) in [5.74, 6) is 0.275. The number of nitrogens with zero attached hydrogens (tertiary/aromatic N) is 2. The summed E-state index contributed by atoms with van der Waals surface area (Å²) in [6, 6.07) is 12.5. The Kier molecular flexibility index (Phi) is 6.23. The van der Waals surface area contributed by atoms with E-state index in [0.29, 0.717) is 17.1 Å². The molecule has 0 unspecified atom stereocenters. The van der Waals surface area contributed by atoms with Crippen molar-refractivity contribution in [2.75, 3.05) is 10.0 Å². The fourth-order valence-electron chi connectivity index (χ4n) is 2.53. The van der Waals surface area contributed by atoms with E-state index < -0.39 is 15.9 Å². The van der Waals surface area contributed by atoms with Crippen molar-refractivity contribution in [3.05, 3.63) is 76.8 Å². The number of halogens is 1. The molecule has 0 saturated heterocycles. The van der Waals surface area contributed by atoms with Crippen LogP contribution in [0.25, 0.3) is 0 Å². The number of benzene rings is 2. The molecule has 3 aromatic rings. The molecule has 2 N–H and O–H groups in total. The van der Waals surface area contributed by atoms with E-state index in [2.05, 4.69) is 35.9 Å². The summed E-state index contributed by atoms with van der Waals surface area (Å²) < 4.78 is 28.4. The Morgan fingerprint density at radius 2 is 1.60 bits per heavy atom. The van der Waals surface area contributed by atoms with Gasteiger partial charge in [-0.25, -0.2) is 18.4 Å². The number of rotatable bonds is 5. The normalized spacial score (nSPS) is 11.7. The molecule has 0 fully saturated rings. The Balaban J connectivity index is 1.74. The molecule has 0 bridgehead atoms. The molecule has 0 aliphatic carbocycles. The Labute approximate surface area is 184 Å². The predicted octanol–water partition coefficient (Wildman–Crippen LogP) is 4.59. The molecule has 0 radical (unpaired) electrons. The molecular weight excluding hydrogens is 468 g/mol. The summed E-state index contributed by atoms with van der Waals surface area (Å²) in [5, 5.41) is 2.72. The Hall–Kier alpha value is -2.78. The molecule has 7 nitrogen and oxygen atoms in total. The summed E-state index contributed by atoms with van der Waals surface area (Å²) >= 11 is 3.28. The molecule has 156 valence electrons. The molecule has 2 aromatic carbocycles. The van der Waals surface area contributed by atoms with Crippen molar-refractivity contribution in [3.63, 3.8) is 0 Å². The Morgan fingerprint density at radius 3 is 2.20 bits per heavy atom. The molecule has 9 heteroatoms. The molecule has 0 aliphatic rings. The number of anilines is 2. The van der Waals surface area contributed by atoms with E-state index in [4.69, 9.17) is 0 Å². The smallest absolute Gasteiger partial charge is 0.261 e. The van der Waals surface area contributed by atoms with Crippen LogP contribution in [0, 0.1) is 0 Å². The maximum Gasteiger partial charge on any atom is 0.261 e. The minimum absolute atomic E-state index is 0.122. The lowest BCUT2D eigenvalue weighted by Gasteiger charge is -2.16. The van der Waals surface area contributed by atoms with Gasteiger partial charge in [0.15, 0.2) is 0 Å². The number of carbonyl (C=O) groups is 1. The highest BCUT2D eigenvalue weighted by molar-refractivity contribution is 9.10. The Bertz CT molecular complexity index is 1160. The van der Waals surface area contributed by atoms with Crippen LogP contribution in [-0.2, 0) is 15.4 Å². The first-order chi connectivity index (χ1) is 14.0. The molecule has 1 heterocycles. The number of hydrogen-bond acceptors (Lipinski definition) is 5. The minimum atomic E-state index is -3.77. The van der Waals surface area contributed by atoms with Gasteiger partial charge in [-0.15, -0.1) is 0 Å². The van der Waals surface area contributed by atoms with E-state index in [1.165, 1.54) is 18.2 Å². The molecule has 1 amide bonds. The van der Waals surface area contributed by atoms with Crippen LogP contribution in [0.5, 0.6) is 0 Å². The van der Waals surface area contributed by atoms with Gasteiger partial charge in [-0.05, 0) is 42.5 Å². The molecule has 0 atom stereocenters. The average Bonchev–Trinajstić information content (AvgIpc) is 2.68. The number of aromatic nitrogens is 2. The van der Waals surface area contributed by atoms with E-state index in [1.54, 1.807) is 42.7 Å². The van der Waals surface area contributed by atoms with Crippen molar-refractivity contribution in [1.29, 1.82) is 0 Å². The number of sulfonamides is 1. The average molecular weight is 489 g/mol. The predicted molar refractivity (Wildman–Crippen MR) is 120 cm³/mol. The third-order valence-electron chi connectivity index (χ3n) is 4.08. The lowest BCUT2D eigenvalue weighted by molar-refractivity contribution is 0.102. The van der Waals surface area contributed by atoms with Crippen LogP contribution in [-0.4, -0.2) is 24.3 Å². The van der Waals surface area contributed by atoms with Gasteiger partial charge in [0.2, 0.25) is 0 Å². The monoisotopic (exact) mass is 488 g/mol. The third-order valence-corrected chi connectivity index (χ3v) is 6.01. The Morgan fingerprint density at radius 1 is 0.967 bits per heavy atom. The standard InChI is InChI=1S/C21H21BrN4O3S/c1-21(2,3)20-23-12-17(13-24-20)25-19(27)14-5-4-6-16(11-14)26-30(28,29)18-9-7-15(22)8-10-18/h4-13,26H,1-3H3,(H,25,27). The first kappa shape index (κ1) is 21.9. The molecule has 0 aliphatic heterocycles. The summed E-state index contributed by atoms with van der Waals surface area (Å²) in [6.07, 6.45) is 3.09. The lowest BCUT2D eigenvalue weighted by Crippen LogP contribution is -2.17. The maximum absolute atomic E-state index is 12.6. The van der Waals surface area contributed by atoms with Gasteiger partial charge in [-0.2, -0.15) is 0 Å². The van der Waals surface area contributed by atoms with Gasteiger partial charge < -0.3 is 5.32 Å². The summed E-state index contributed by atoms with van der Waals surface area (Å²) in [7, 11) is -3.77. The van der Waals surface area contributed by atoms with Gasteiger partial charge in [0, 0.05) is 21.1 Å². The van der Waals surface area contributed by atoms with Crippen molar-refractivity contribution in [2.45, 2.75) is 31.1 Å². The largest absolute Gasteiger partial charge is 0.319 e. The van der Waals surface area contributed by atoms with Gasteiger partial charge in [0.25, 0.3) is 15.9 Å². The minimum Gasteiger partial charge on any atom is -0.319 e. The first-order valence-corrected chi connectivity index (χ1v) is 11.3. The van der Waals surface area contributed by atoms with Gasteiger partial charge in [-0.3, -0.25) is 9.52 Å². The second-order valence-corrected chi connectivity index (χ2v) is 10.2. The van der Waals surface area contributed by atoms with Crippen molar-refractivity contribution in [3.8, 4) is 0 Å². The van der Waals surface area contributed by atoms with Crippen LogP contribution in [0.3, 0.4) is 0 Å². The van der Waals surface area contributed by atoms with Gasteiger partial charge in [0.1, 0.15) is 5.82 Å². The quantitative estimate of drug-likeness (QED) is 0.546. The van der Waals surface area contributed by atoms with E-state index in [9.17, 15) is 13.2 Å². The fourth-order valence-corrected chi connectivity index (χ4v) is 3.85. The van der Waals surface area contributed by atoms with Gasteiger partial charge >= 0.3 is 0 Å². The van der Waals surface area contributed by atoms with E-state index in [1.807, 2.05) is 20.8 Å². The summed E-state index contributed by atoms with van der Waals surface area (Å²) in [5.41, 5.74) is 0.840. The zero-order valence-electron chi connectivity index (χ0n) is 16.7. The van der Waals surface area contributed by atoms with Crippen LogP contribution in [0.1, 0.15) is 37.0 Å². The topological polar surface area (TPSA) is 101 Å². The number of amides is 1. The van der Waals surface area contributed by atoms with Crippen LogP contribution < -0.4 is 10.0 Å². The molecular formula is C21H21BrN4O3S. The van der Waals surface area contributed by atoms with Crippen molar-refractivity contribution >= 4 is 43.2 Å². The number of carbonyl (C=O) groups excluding carboxylic acids is 1. The highest BCUT2D eigenvalue weighted by Gasteiger charge is 2.18. The van der Waals surface area contributed by atoms with Crippen LogP contribution in [0.4, 0.5) is 11.4 Å². The zero-order valence-corrected chi connectivity index (χ0v) is 19.1. The van der Waals surface area contributed by atoms with E-state index in [0.717, 1.165) is 4.47 Å². The second-order valence-electron chi connectivity index (χ2n) is 7.64. The summed E-state index contributed by atoms with van der Waals surface area (Å²) in [6.45, 7) is 6.00.